The second kappa shape index (κ2) is 5.42. The minimum Gasteiger partial charge on any atom is -0.347 e. The number of piperazine rings is 1. The summed E-state index contributed by atoms with van der Waals surface area (Å²) in [5.41, 5.74) is 0.496. The number of hydrogen-bond acceptors (Lipinski definition) is 4. The van der Waals surface area contributed by atoms with Crippen LogP contribution in [0.4, 0.5) is 0 Å². The Morgan fingerprint density at radius 3 is 2.90 bits per heavy atom. The predicted molar refractivity (Wildman–Crippen MR) is 74.1 cm³/mol. The third kappa shape index (κ3) is 2.42. The third-order valence-electron chi connectivity index (χ3n) is 3.65. The zero-order chi connectivity index (χ0) is 13.9. The molecule has 0 aromatic carbocycles. The van der Waals surface area contributed by atoms with Gasteiger partial charge in [0.25, 0.3) is 5.91 Å². The number of rotatable bonds is 2. The summed E-state index contributed by atoms with van der Waals surface area (Å²) in [5, 5.41) is 0. The molecule has 1 unspecified atom stereocenters. The van der Waals surface area contributed by atoms with Crippen molar-refractivity contribution in [3.8, 4) is 0 Å². The molecule has 1 saturated heterocycles. The van der Waals surface area contributed by atoms with Crippen molar-refractivity contribution >= 4 is 5.91 Å². The molecule has 1 aliphatic rings. The summed E-state index contributed by atoms with van der Waals surface area (Å²) < 4.78 is 0. The monoisotopic (exact) mass is 271 g/mol. The van der Waals surface area contributed by atoms with Crippen LogP contribution in [0.15, 0.2) is 36.8 Å². The second-order valence-corrected chi connectivity index (χ2v) is 4.94. The van der Waals surface area contributed by atoms with Crippen LogP contribution in [0, 0.1) is 0 Å². The molecule has 3 heterocycles. The molecule has 0 aliphatic carbocycles. The minimum atomic E-state index is -0.0183. The standard InChI is InChI=1S/C14H17N5O/c1-18-8-9-19(10-12(18)13-16-6-7-17-13)14(20)11-4-2-3-5-15-11/h2-7,12H,8-10H2,1H3,(H,16,17). The van der Waals surface area contributed by atoms with Gasteiger partial charge in [-0.25, -0.2) is 4.98 Å². The lowest BCUT2D eigenvalue weighted by atomic mass is 10.1. The summed E-state index contributed by atoms with van der Waals surface area (Å²) in [4.78, 5) is 28.1. The number of pyridine rings is 1. The van der Waals surface area contributed by atoms with Crippen LogP contribution in [0.2, 0.25) is 0 Å². The number of H-pyrrole nitrogens is 1. The number of amides is 1. The molecule has 6 heteroatoms. The highest BCUT2D eigenvalue weighted by atomic mass is 16.2. The molecule has 2 aromatic rings. The van der Waals surface area contributed by atoms with Crippen LogP contribution in [0.25, 0.3) is 0 Å². The van der Waals surface area contributed by atoms with Crippen molar-refractivity contribution in [1.29, 1.82) is 0 Å². The van der Waals surface area contributed by atoms with Gasteiger partial charge in [-0.15, -0.1) is 0 Å². The van der Waals surface area contributed by atoms with Gasteiger partial charge in [0.05, 0.1) is 6.04 Å². The molecule has 2 aromatic heterocycles. The summed E-state index contributed by atoms with van der Waals surface area (Å²) in [6.45, 7) is 2.16. The average Bonchev–Trinajstić information content (AvgIpc) is 3.02. The predicted octanol–water partition coefficient (Wildman–Crippen LogP) is 0.934. The van der Waals surface area contributed by atoms with E-state index in [1.807, 2.05) is 23.2 Å². The largest absolute Gasteiger partial charge is 0.347 e. The van der Waals surface area contributed by atoms with E-state index < -0.39 is 0 Å². The summed E-state index contributed by atoms with van der Waals surface area (Å²) in [6, 6.07) is 5.50. The number of carbonyl (C=O) groups is 1. The quantitative estimate of drug-likeness (QED) is 0.882. The molecule has 1 fully saturated rings. The highest BCUT2D eigenvalue weighted by Gasteiger charge is 2.30. The van der Waals surface area contributed by atoms with Crippen molar-refractivity contribution in [3.63, 3.8) is 0 Å². The number of likely N-dealkylation sites (N-methyl/N-ethyl adjacent to an activating group) is 1. The van der Waals surface area contributed by atoms with E-state index in [0.717, 1.165) is 12.4 Å². The molecular formula is C14H17N5O. The summed E-state index contributed by atoms with van der Waals surface area (Å²) >= 11 is 0. The molecule has 1 N–H and O–H groups in total. The maximum atomic E-state index is 12.4. The Morgan fingerprint density at radius 1 is 1.30 bits per heavy atom. The number of hydrogen-bond donors (Lipinski definition) is 1. The molecule has 1 amide bonds. The van der Waals surface area contributed by atoms with Crippen LogP contribution in [0.5, 0.6) is 0 Å². The molecule has 20 heavy (non-hydrogen) atoms. The van der Waals surface area contributed by atoms with Gasteiger partial charge >= 0.3 is 0 Å². The van der Waals surface area contributed by atoms with E-state index in [-0.39, 0.29) is 11.9 Å². The van der Waals surface area contributed by atoms with Crippen LogP contribution < -0.4 is 0 Å². The first-order chi connectivity index (χ1) is 9.75. The van der Waals surface area contributed by atoms with E-state index in [9.17, 15) is 4.79 Å². The van der Waals surface area contributed by atoms with Crippen molar-refractivity contribution in [2.75, 3.05) is 26.7 Å². The first-order valence-electron chi connectivity index (χ1n) is 6.65. The van der Waals surface area contributed by atoms with E-state index in [1.165, 1.54) is 0 Å². The van der Waals surface area contributed by atoms with Crippen LogP contribution >= 0.6 is 0 Å². The number of imidazole rings is 1. The first-order valence-corrected chi connectivity index (χ1v) is 6.65. The van der Waals surface area contributed by atoms with Gasteiger partial charge in [0.1, 0.15) is 11.5 Å². The smallest absolute Gasteiger partial charge is 0.272 e. The Labute approximate surface area is 117 Å². The van der Waals surface area contributed by atoms with Crippen molar-refractivity contribution in [2.45, 2.75) is 6.04 Å². The molecule has 0 radical (unpaired) electrons. The van der Waals surface area contributed by atoms with E-state index in [4.69, 9.17) is 0 Å². The van der Waals surface area contributed by atoms with Gasteiger partial charge in [0, 0.05) is 38.2 Å². The average molecular weight is 271 g/mol. The maximum Gasteiger partial charge on any atom is 0.272 e. The highest BCUT2D eigenvalue weighted by Crippen LogP contribution is 2.21. The molecule has 0 bridgehead atoms. The van der Waals surface area contributed by atoms with Gasteiger partial charge in [-0.3, -0.25) is 14.7 Å². The first kappa shape index (κ1) is 12.8. The van der Waals surface area contributed by atoms with Gasteiger partial charge in [-0.05, 0) is 19.2 Å². The van der Waals surface area contributed by atoms with Gasteiger partial charge in [0.2, 0.25) is 0 Å². The molecule has 1 atom stereocenters. The molecule has 3 rings (SSSR count). The molecule has 1 aliphatic heterocycles. The Balaban J connectivity index is 1.77. The third-order valence-corrected chi connectivity index (χ3v) is 3.65. The van der Waals surface area contributed by atoms with Gasteiger partial charge in [-0.1, -0.05) is 6.07 Å². The fourth-order valence-corrected chi connectivity index (χ4v) is 2.46. The number of aromatic amines is 1. The second-order valence-electron chi connectivity index (χ2n) is 4.94. The lowest BCUT2D eigenvalue weighted by Crippen LogP contribution is -2.49. The van der Waals surface area contributed by atoms with Crippen molar-refractivity contribution in [2.24, 2.45) is 0 Å². The van der Waals surface area contributed by atoms with Crippen LogP contribution in [-0.4, -0.2) is 57.3 Å². The van der Waals surface area contributed by atoms with E-state index >= 15 is 0 Å². The van der Waals surface area contributed by atoms with Crippen LogP contribution in [0.1, 0.15) is 22.4 Å². The summed E-state index contributed by atoms with van der Waals surface area (Å²) in [5.74, 6) is 0.876. The van der Waals surface area contributed by atoms with Gasteiger partial charge < -0.3 is 9.88 Å². The summed E-state index contributed by atoms with van der Waals surface area (Å²) in [7, 11) is 2.05. The molecule has 104 valence electrons. The van der Waals surface area contributed by atoms with Gasteiger partial charge in [-0.2, -0.15) is 0 Å². The zero-order valence-electron chi connectivity index (χ0n) is 11.4. The van der Waals surface area contributed by atoms with Crippen molar-refractivity contribution in [1.82, 2.24) is 24.8 Å². The lowest BCUT2D eigenvalue weighted by molar-refractivity contribution is 0.0529. The van der Waals surface area contributed by atoms with E-state index in [0.29, 0.717) is 18.8 Å². The normalized spacial score (nSPS) is 20.1. The van der Waals surface area contributed by atoms with Crippen LogP contribution in [-0.2, 0) is 0 Å². The molecule has 0 spiro atoms. The Morgan fingerprint density at radius 2 is 2.20 bits per heavy atom. The van der Waals surface area contributed by atoms with Crippen LogP contribution in [0.3, 0.4) is 0 Å². The Kier molecular flexibility index (Phi) is 3.47. The Hall–Kier alpha value is -2.21. The number of aromatic nitrogens is 3. The van der Waals surface area contributed by atoms with E-state index in [1.54, 1.807) is 18.5 Å². The number of nitrogens with one attached hydrogen (secondary N) is 1. The Bertz CT molecular complexity index is 569. The SMILES string of the molecule is CN1CCN(C(=O)c2ccccn2)CC1c1ncc[nH]1. The fourth-order valence-electron chi connectivity index (χ4n) is 2.46. The minimum absolute atomic E-state index is 0.0183. The fraction of sp³-hybridized carbons (Fsp3) is 0.357. The highest BCUT2D eigenvalue weighted by molar-refractivity contribution is 5.92. The number of nitrogens with zero attached hydrogens (tertiary/aromatic N) is 4. The van der Waals surface area contributed by atoms with Crippen molar-refractivity contribution < 1.29 is 4.79 Å². The lowest BCUT2D eigenvalue weighted by Gasteiger charge is -2.38. The molecule has 6 nitrogen and oxygen atoms in total. The number of carbonyl (C=O) groups excluding carboxylic acids is 1. The maximum absolute atomic E-state index is 12.4. The molecular weight excluding hydrogens is 254 g/mol. The zero-order valence-corrected chi connectivity index (χ0v) is 11.4. The summed E-state index contributed by atoms with van der Waals surface area (Å²) in [6.07, 6.45) is 5.19. The molecule has 0 saturated carbocycles. The topological polar surface area (TPSA) is 65.1 Å². The van der Waals surface area contributed by atoms with E-state index in [2.05, 4.69) is 26.9 Å². The van der Waals surface area contributed by atoms with Crippen molar-refractivity contribution in [3.05, 3.63) is 48.3 Å². The van der Waals surface area contributed by atoms with Gasteiger partial charge in [0.15, 0.2) is 0 Å².